The molecule has 0 saturated heterocycles. The fourth-order valence-corrected chi connectivity index (χ4v) is 3.40. The van der Waals surface area contributed by atoms with Gasteiger partial charge in [-0.1, -0.05) is 54.1 Å². The Morgan fingerprint density at radius 3 is 2.46 bits per heavy atom. The van der Waals surface area contributed by atoms with Crippen LogP contribution < -0.4 is 10.7 Å². The highest BCUT2D eigenvalue weighted by atomic mass is 16.3. The zero-order valence-electron chi connectivity index (χ0n) is 16.5. The molecule has 3 aromatic carbocycles. The summed E-state index contributed by atoms with van der Waals surface area (Å²) in [7, 11) is 0. The fraction of sp³-hybridized carbons (Fsp3) is 0.250. The smallest absolute Gasteiger partial charge is 0.228 e. The molecule has 0 heterocycles. The standard InChI is InChI=1S/C24H25NO3/c1-15-10-11-16(2)19(12-15)14-23(27)25-22-9-5-8-21-20(22)7-4-6-18(24(21)28)13-17(3)26/h4-12,17,26H,13-14H2,1-3H3,(H,25,27). The molecule has 144 valence electrons. The lowest BCUT2D eigenvalue weighted by molar-refractivity contribution is -0.115. The van der Waals surface area contributed by atoms with Crippen LogP contribution in [0.25, 0.3) is 10.8 Å². The number of anilines is 1. The normalized spacial score (nSPS) is 12.0. The monoisotopic (exact) mass is 375 g/mol. The minimum atomic E-state index is -0.592. The first-order valence-electron chi connectivity index (χ1n) is 9.44. The number of amides is 1. The number of aliphatic hydroxyl groups excluding tert-OH is 1. The van der Waals surface area contributed by atoms with Crippen LogP contribution in [-0.2, 0) is 17.6 Å². The summed E-state index contributed by atoms with van der Waals surface area (Å²) in [6.45, 7) is 5.66. The SMILES string of the molecule is Cc1ccc(C)c(CC(=O)Nc2cccc3c(=O)c(CC(C)O)cccc23)c1. The van der Waals surface area contributed by atoms with Gasteiger partial charge in [-0.3, -0.25) is 9.59 Å². The largest absolute Gasteiger partial charge is 0.393 e. The summed E-state index contributed by atoms with van der Waals surface area (Å²) in [6.07, 6.45) is -0.0164. The molecule has 0 aliphatic heterocycles. The van der Waals surface area contributed by atoms with Crippen LogP contribution in [0.4, 0.5) is 5.69 Å². The maximum Gasteiger partial charge on any atom is 0.228 e. The molecule has 3 rings (SSSR count). The molecule has 0 saturated carbocycles. The van der Waals surface area contributed by atoms with Crippen LogP contribution in [0.1, 0.15) is 29.2 Å². The number of aryl methyl sites for hydroxylation is 2. The first-order chi connectivity index (χ1) is 13.3. The lowest BCUT2D eigenvalue weighted by Gasteiger charge is -2.10. The van der Waals surface area contributed by atoms with Crippen LogP contribution >= 0.6 is 0 Å². The van der Waals surface area contributed by atoms with E-state index in [1.165, 1.54) is 0 Å². The van der Waals surface area contributed by atoms with Crippen LogP contribution in [0.2, 0.25) is 0 Å². The lowest BCUT2D eigenvalue weighted by Crippen LogP contribution is -2.16. The van der Waals surface area contributed by atoms with Crippen molar-refractivity contribution in [2.24, 2.45) is 0 Å². The Kier molecular flexibility index (Phi) is 5.90. The third-order valence-corrected chi connectivity index (χ3v) is 4.85. The quantitative estimate of drug-likeness (QED) is 0.710. The van der Waals surface area contributed by atoms with Crippen LogP contribution in [0.15, 0.2) is 59.4 Å². The average Bonchev–Trinajstić information content (AvgIpc) is 2.78. The van der Waals surface area contributed by atoms with Crippen molar-refractivity contribution < 1.29 is 9.90 Å². The molecule has 1 atom stereocenters. The maximum absolute atomic E-state index is 12.9. The molecule has 0 aromatic heterocycles. The highest BCUT2D eigenvalue weighted by molar-refractivity contribution is 6.02. The van der Waals surface area contributed by atoms with Gasteiger partial charge in [0.15, 0.2) is 5.43 Å². The van der Waals surface area contributed by atoms with E-state index in [4.69, 9.17) is 0 Å². The van der Waals surface area contributed by atoms with Gasteiger partial charge in [0.05, 0.1) is 12.5 Å². The van der Waals surface area contributed by atoms with Crippen molar-refractivity contribution in [1.82, 2.24) is 0 Å². The van der Waals surface area contributed by atoms with E-state index in [1.54, 1.807) is 37.3 Å². The molecule has 4 heteroatoms. The number of rotatable bonds is 5. The zero-order valence-corrected chi connectivity index (χ0v) is 16.5. The van der Waals surface area contributed by atoms with Gasteiger partial charge in [-0.15, -0.1) is 0 Å². The van der Waals surface area contributed by atoms with E-state index in [-0.39, 0.29) is 17.8 Å². The van der Waals surface area contributed by atoms with Crippen molar-refractivity contribution in [3.63, 3.8) is 0 Å². The lowest BCUT2D eigenvalue weighted by atomic mass is 10.0. The number of carbonyl (C=O) groups excluding carboxylic acids is 1. The number of nitrogens with one attached hydrogen (secondary N) is 1. The number of carbonyl (C=O) groups is 1. The Hall–Kier alpha value is -2.98. The van der Waals surface area contributed by atoms with Crippen molar-refractivity contribution in [2.75, 3.05) is 5.32 Å². The van der Waals surface area contributed by atoms with Crippen molar-refractivity contribution >= 4 is 22.4 Å². The van der Waals surface area contributed by atoms with Crippen LogP contribution in [0.5, 0.6) is 0 Å². The van der Waals surface area contributed by atoms with Gasteiger partial charge >= 0.3 is 0 Å². The third kappa shape index (κ3) is 4.46. The van der Waals surface area contributed by atoms with E-state index in [0.29, 0.717) is 28.4 Å². The number of fused-ring (bicyclic) bond motifs is 1. The second-order valence-electron chi connectivity index (χ2n) is 7.35. The van der Waals surface area contributed by atoms with Gasteiger partial charge in [0.2, 0.25) is 5.91 Å². The first kappa shape index (κ1) is 19.8. The fourth-order valence-electron chi connectivity index (χ4n) is 3.40. The summed E-state index contributed by atoms with van der Waals surface area (Å²) >= 11 is 0. The van der Waals surface area contributed by atoms with E-state index in [1.807, 2.05) is 38.1 Å². The maximum atomic E-state index is 12.9. The number of hydrogen-bond acceptors (Lipinski definition) is 3. The van der Waals surface area contributed by atoms with Gasteiger partial charge in [-0.2, -0.15) is 0 Å². The van der Waals surface area contributed by atoms with E-state index in [2.05, 4.69) is 5.32 Å². The summed E-state index contributed by atoms with van der Waals surface area (Å²) in [4.78, 5) is 25.5. The molecule has 0 bridgehead atoms. The summed E-state index contributed by atoms with van der Waals surface area (Å²) in [6, 6.07) is 16.7. The van der Waals surface area contributed by atoms with E-state index >= 15 is 0 Å². The van der Waals surface area contributed by atoms with Crippen molar-refractivity contribution in [3.8, 4) is 0 Å². The number of benzene rings is 2. The minimum Gasteiger partial charge on any atom is -0.393 e. The molecule has 0 aliphatic carbocycles. The molecular weight excluding hydrogens is 350 g/mol. The molecule has 28 heavy (non-hydrogen) atoms. The van der Waals surface area contributed by atoms with Crippen molar-refractivity contribution in [1.29, 1.82) is 0 Å². The highest BCUT2D eigenvalue weighted by Crippen LogP contribution is 2.22. The molecule has 0 radical (unpaired) electrons. The summed E-state index contributed by atoms with van der Waals surface area (Å²) in [5, 5.41) is 13.8. The molecule has 4 nitrogen and oxygen atoms in total. The first-order valence-corrected chi connectivity index (χ1v) is 9.44. The molecule has 0 fully saturated rings. The van der Waals surface area contributed by atoms with E-state index < -0.39 is 6.10 Å². The second kappa shape index (κ2) is 8.36. The van der Waals surface area contributed by atoms with E-state index in [0.717, 1.165) is 16.7 Å². The number of hydrogen-bond donors (Lipinski definition) is 2. The molecule has 0 aliphatic rings. The van der Waals surface area contributed by atoms with Gasteiger partial charge < -0.3 is 10.4 Å². The van der Waals surface area contributed by atoms with Crippen LogP contribution in [0, 0.1) is 13.8 Å². The molecular formula is C24H25NO3. The summed E-state index contributed by atoms with van der Waals surface area (Å²) in [5.74, 6) is -0.121. The van der Waals surface area contributed by atoms with Gasteiger partial charge in [-0.25, -0.2) is 0 Å². The van der Waals surface area contributed by atoms with Crippen LogP contribution in [-0.4, -0.2) is 17.1 Å². The molecule has 1 amide bonds. The Labute approximate surface area is 164 Å². The Balaban J connectivity index is 1.94. The van der Waals surface area contributed by atoms with Crippen molar-refractivity contribution in [2.45, 2.75) is 39.7 Å². The van der Waals surface area contributed by atoms with E-state index in [9.17, 15) is 14.7 Å². The van der Waals surface area contributed by atoms with Crippen LogP contribution in [0.3, 0.4) is 0 Å². The summed E-state index contributed by atoms with van der Waals surface area (Å²) in [5.41, 5.74) is 4.24. The second-order valence-corrected chi connectivity index (χ2v) is 7.35. The Bertz CT molecular complexity index is 1090. The predicted molar refractivity (Wildman–Crippen MR) is 114 cm³/mol. The average molecular weight is 375 g/mol. The van der Waals surface area contributed by atoms with Gasteiger partial charge in [0.25, 0.3) is 0 Å². The Morgan fingerprint density at radius 2 is 1.71 bits per heavy atom. The Morgan fingerprint density at radius 1 is 1.00 bits per heavy atom. The van der Waals surface area contributed by atoms with Gasteiger partial charge in [-0.05, 0) is 38.0 Å². The topological polar surface area (TPSA) is 66.4 Å². The summed E-state index contributed by atoms with van der Waals surface area (Å²) < 4.78 is 0. The molecule has 2 N–H and O–H groups in total. The van der Waals surface area contributed by atoms with Gasteiger partial charge in [0.1, 0.15) is 0 Å². The predicted octanol–water partition coefficient (Wildman–Crippen LogP) is 3.92. The van der Waals surface area contributed by atoms with Gasteiger partial charge in [0, 0.05) is 28.4 Å². The third-order valence-electron chi connectivity index (χ3n) is 4.85. The molecule has 3 aromatic rings. The minimum absolute atomic E-state index is 0.119. The highest BCUT2D eigenvalue weighted by Gasteiger charge is 2.11. The number of aliphatic hydroxyl groups is 1. The van der Waals surface area contributed by atoms with Crippen molar-refractivity contribution in [3.05, 3.63) is 87.1 Å². The zero-order chi connectivity index (χ0) is 20.3. The molecule has 0 spiro atoms. The molecule has 1 unspecified atom stereocenters.